The number of benzene rings is 1. The monoisotopic (exact) mass is 252 g/mol. The first-order valence-corrected chi connectivity index (χ1v) is 6.26. The van der Waals surface area contributed by atoms with E-state index in [2.05, 4.69) is 24.0 Å². The highest BCUT2D eigenvalue weighted by Crippen LogP contribution is 2.12. The maximum absolute atomic E-state index is 8.98. The quantitative estimate of drug-likeness (QED) is 0.719. The first kappa shape index (κ1) is 14.1. The maximum Gasteiger partial charge on any atom is 0.0771 e. The minimum atomic E-state index is 0.186. The van der Waals surface area contributed by atoms with Gasteiger partial charge in [0.1, 0.15) is 0 Å². The molecule has 1 aromatic carbocycles. The molecule has 0 aliphatic rings. The zero-order chi connectivity index (χ0) is 12.7. The van der Waals surface area contributed by atoms with Crippen LogP contribution in [0.15, 0.2) is 24.3 Å². The highest BCUT2D eigenvalue weighted by atomic mass is 32.1. The van der Waals surface area contributed by atoms with Crippen molar-refractivity contribution < 1.29 is 5.11 Å². The van der Waals surface area contributed by atoms with Gasteiger partial charge in [0.15, 0.2) is 0 Å². The number of aliphatic hydroxyl groups excluding tert-OH is 1. The van der Waals surface area contributed by atoms with Gasteiger partial charge in [-0.25, -0.2) is 0 Å². The molecule has 94 valence electrons. The number of thiocarbonyl (C=S) groups is 1. The maximum atomic E-state index is 8.98. The number of nitrogens with zero attached hydrogens (tertiary/aromatic N) is 1. The van der Waals surface area contributed by atoms with Crippen LogP contribution in [0.5, 0.6) is 0 Å². The lowest BCUT2D eigenvalue weighted by Crippen LogP contribution is -2.27. The lowest BCUT2D eigenvalue weighted by Gasteiger charge is -2.20. The van der Waals surface area contributed by atoms with Gasteiger partial charge in [-0.2, -0.15) is 0 Å². The molecule has 1 rings (SSSR count). The third kappa shape index (κ3) is 4.81. The van der Waals surface area contributed by atoms with Gasteiger partial charge in [-0.05, 0) is 17.7 Å². The van der Waals surface area contributed by atoms with Crippen LogP contribution >= 0.6 is 12.2 Å². The number of hydrogen-bond acceptors (Lipinski definition) is 3. The summed E-state index contributed by atoms with van der Waals surface area (Å²) in [6.45, 7) is 4.72. The first-order valence-electron chi connectivity index (χ1n) is 5.85. The highest BCUT2D eigenvalue weighted by molar-refractivity contribution is 7.80. The van der Waals surface area contributed by atoms with Crippen LogP contribution in [0.3, 0.4) is 0 Å². The number of rotatable bonds is 7. The number of aliphatic hydroxyl groups is 1. The molecule has 0 unspecified atom stereocenters. The Bertz CT molecular complexity index is 368. The Balaban J connectivity index is 2.77. The van der Waals surface area contributed by atoms with Gasteiger partial charge in [0, 0.05) is 19.5 Å². The Kier molecular flexibility index (Phi) is 6.11. The van der Waals surface area contributed by atoms with Gasteiger partial charge in [0.2, 0.25) is 0 Å². The SMILES string of the molecule is CCN(CCO)Cc1ccccc1CC(N)=S. The van der Waals surface area contributed by atoms with Crippen LogP contribution < -0.4 is 5.73 Å². The molecule has 0 aliphatic heterocycles. The lowest BCUT2D eigenvalue weighted by atomic mass is 10.0. The van der Waals surface area contributed by atoms with Crippen LogP contribution in [-0.2, 0) is 13.0 Å². The van der Waals surface area contributed by atoms with Gasteiger partial charge in [0.05, 0.1) is 11.6 Å². The molecule has 0 spiro atoms. The molecule has 0 radical (unpaired) electrons. The first-order chi connectivity index (χ1) is 8.17. The molecule has 3 nitrogen and oxygen atoms in total. The van der Waals surface area contributed by atoms with Gasteiger partial charge in [-0.15, -0.1) is 0 Å². The summed E-state index contributed by atoms with van der Waals surface area (Å²) in [5.41, 5.74) is 8.00. The highest BCUT2D eigenvalue weighted by Gasteiger charge is 2.07. The Labute approximate surface area is 108 Å². The summed E-state index contributed by atoms with van der Waals surface area (Å²) in [7, 11) is 0. The van der Waals surface area contributed by atoms with Gasteiger partial charge in [-0.3, -0.25) is 4.90 Å². The van der Waals surface area contributed by atoms with Crippen LogP contribution in [0.1, 0.15) is 18.1 Å². The van der Waals surface area contributed by atoms with Crippen molar-refractivity contribution >= 4 is 17.2 Å². The molecule has 17 heavy (non-hydrogen) atoms. The topological polar surface area (TPSA) is 49.5 Å². The second-order valence-corrected chi connectivity index (χ2v) is 4.53. The summed E-state index contributed by atoms with van der Waals surface area (Å²) in [5.74, 6) is 0. The van der Waals surface area contributed by atoms with Gasteiger partial charge in [0.25, 0.3) is 0 Å². The minimum absolute atomic E-state index is 0.186. The van der Waals surface area contributed by atoms with E-state index in [1.165, 1.54) is 11.1 Å². The number of hydrogen-bond donors (Lipinski definition) is 2. The van der Waals surface area contributed by atoms with Crippen LogP contribution in [0.2, 0.25) is 0 Å². The van der Waals surface area contributed by atoms with E-state index in [9.17, 15) is 0 Å². The molecule has 4 heteroatoms. The van der Waals surface area contributed by atoms with Crippen molar-refractivity contribution in [3.63, 3.8) is 0 Å². The molecule has 0 saturated heterocycles. The third-order valence-corrected chi connectivity index (χ3v) is 2.88. The van der Waals surface area contributed by atoms with E-state index in [0.717, 1.165) is 13.1 Å². The lowest BCUT2D eigenvalue weighted by molar-refractivity contribution is 0.196. The molecular formula is C13H20N2OS. The van der Waals surface area contributed by atoms with Crippen molar-refractivity contribution in [2.75, 3.05) is 19.7 Å². The fraction of sp³-hybridized carbons (Fsp3) is 0.462. The predicted molar refractivity (Wildman–Crippen MR) is 75.0 cm³/mol. The number of likely N-dealkylation sites (N-methyl/N-ethyl adjacent to an activating group) is 1. The normalized spacial score (nSPS) is 10.8. The fourth-order valence-corrected chi connectivity index (χ4v) is 1.96. The fourth-order valence-electron chi connectivity index (χ4n) is 1.80. The van der Waals surface area contributed by atoms with Crippen molar-refractivity contribution in [3.05, 3.63) is 35.4 Å². The molecule has 1 aromatic rings. The summed E-state index contributed by atoms with van der Waals surface area (Å²) < 4.78 is 0. The third-order valence-electron chi connectivity index (χ3n) is 2.74. The van der Waals surface area contributed by atoms with E-state index >= 15 is 0 Å². The summed E-state index contributed by atoms with van der Waals surface area (Å²) in [6.07, 6.45) is 0.641. The predicted octanol–water partition coefficient (Wildman–Crippen LogP) is 1.33. The Morgan fingerprint density at radius 3 is 2.53 bits per heavy atom. The zero-order valence-corrected chi connectivity index (χ0v) is 11.0. The Morgan fingerprint density at radius 1 is 1.35 bits per heavy atom. The average molecular weight is 252 g/mol. The van der Waals surface area contributed by atoms with Crippen LogP contribution in [0.25, 0.3) is 0 Å². The van der Waals surface area contributed by atoms with Crippen molar-refractivity contribution in [1.82, 2.24) is 4.90 Å². The smallest absolute Gasteiger partial charge is 0.0771 e. The molecular weight excluding hydrogens is 232 g/mol. The average Bonchev–Trinajstić information content (AvgIpc) is 2.30. The van der Waals surface area contributed by atoms with Gasteiger partial charge >= 0.3 is 0 Å². The van der Waals surface area contributed by atoms with E-state index in [4.69, 9.17) is 23.1 Å². The van der Waals surface area contributed by atoms with E-state index in [1.807, 2.05) is 12.1 Å². The van der Waals surface area contributed by atoms with Crippen LogP contribution in [-0.4, -0.2) is 34.7 Å². The van der Waals surface area contributed by atoms with E-state index in [0.29, 0.717) is 18.0 Å². The molecule has 0 aromatic heterocycles. The second-order valence-electron chi connectivity index (χ2n) is 4.00. The van der Waals surface area contributed by atoms with Gasteiger partial charge in [-0.1, -0.05) is 43.4 Å². The summed E-state index contributed by atoms with van der Waals surface area (Å²) in [6, 6.07) is 8.17. The van der Waals surface area contributed by atoms with E-state index in [-0.39, 0.29) is 6.61 Å². The standard InChI is InChI=1S/C13H20N2OS/c1-2-15(7-8-16)10-12-6-4-3-5-11(12)9-13(14)17/h3-6,16H,2,7-10H2,1H3,(H2,14,17). The van der Waals surface area contributed by atoms with Crippen molar-refractivity contribution in [3.8, 4) is 0 Å². The summed E-state index contributed by atoms with van der Waals surface area (Å²) in [4.78, 5) is 2.71. The molecule has 0 aliphatic carbocycles. The molecule has 0 heterocycles. The van der Waals surface area contributed by atoms with Crippen molar-refractivity contribution in [2.24, 2.45) is 5.73 Å². The molecule has 0 fully saturated rings. The minimum Gasteiger partial charge on any atom is -0.395 e. The van der Waals surface area contributed by atoms with E-state index in [1.54, 1.807) is 0 Å². The molecule has 3 N–H and O–H groups in total. The molecule has 0 saturated carbocycles. The Morgan fingerprint density at radius 2 is 2.00 bits per heavy atom. The van der Waals surface area contributed by atoms with Crippen LogP contribution in [0, 0.1) is 0 Å². The largest absolute Gasteiger partial charge is 0.395 e. The zero-order valence-electron chi connectivity index (χ0n) is 10.2. The van der Waals surface area contributed by atoms with Gasteiger partial charge < -0.3 is 10.8 Å². The number of nitrogens with two attached hydrogens (primary N) is 1. The second kappa shape index (κ2) is 7.37. The molecule has 0 bridgehead atoms. The molecule has 0 atom stereocenters. The Hall–Kier alpha value is -0.970. The van der Waals surface area contributed by atoms with Crippen molar-refractivity contribution in [2.45, 2.75) is 19.9 Å². The summed E-state index contributed by atoms with van der Waals surface area (Å²) >= 11 is 4.95. The van der Waals surface area contributed by atoms with E-state index < -0.39 is 0 Å². The van der Waals surface area contributed by atoms with Crippen molar-refractivity contribution in [1.29, 1.82) is 0 Å². The van der Waals surface area contributed by atoms with Crippen LogP contribution in [0.4, 0.5) is 0 Å². The molecule has 0 amide bonds. The summed E-state index contributed by atoms with van der Waals surface area (Å²) in [5, 5.41) is 8.98.